The van der Waals surface area contributed by atoms with Crippen LogP contribution in [-0.4, -0.2) is 19.9 Å². The summed E-state index contributed by atoms with van der Waals surface area (Å²) in [7, 11) is 1.52. The van der Waals surface area contributed by atoms with E-state index in [0.29, 0.717) is 39.3 Å². The summed E-state index contributed by atoms with van der Waals surface area (Å²) in [6.45, 7) is 0.0603. The smallest absolute Gasteiger partial charge is 0.338 e. The lowest BCUT2D eigenvalue weighted by molar-refractivity contribution is 0.0473. The largest absolute Gasteiger partial charge is 0.497 e. The Hall–Kier alpha value is -3.48. The Balaban J connectivity index is 1.57. The second kappa shape index (κ2) is 6.44. The van der Waals surface area contributed by atoms with E-state index < -0.39 is 11.6 Å². The lowest BCUT2D eigenvalue weighted by atomic mass is 10.1. The number of esters is 1. The Kier molecular flexibility index (Phi) is 3.96. The number of carbonyl (C=O) groups excluding carboxylic acids is 1. The highest BCUT2D eigenvalue weighted by atomic mass is 16.7. The first kappa shape index (κ1) is 16.0. The minimum absolute atomic E-state index is 0.0678. The van der Waals surface area contributed by atoms with E-state index in [9.17, 15) is 9.59 Å². The van der Waals surface area contributed by atoms with Gasteiger partial charge in [-0.3, -0.25) is 0 Å². The number of rotatable bonds is 4. The van der Waals surface area contributed by atoms with Crippen LogP contribution in [0, 0.1) is 0 Å². The van der Waals surface area contributed by atoms with E-state index in [4.69, 9.17) is 23.4 Å². The normalized spacial score (nSPS) is 12.2. The van der Waals surface area contributed by atoms with Gasteiger partial charge in [0.15, 0.2) is 11.5 Å². The first-order valence-corrected chi connectivity index (χ1v) is 7.81. The molecule has 2 heterocycles. The first-order valence-electron chi connectivity index (χ1n) is 7.81. The number of carbonyl (C=O) groups is 1. The SMILES string of the molecule is COc1ccc2c(COC(=O)c3ccc4c(c3)OCO4)cc(=O)oc2c1. The molecule has 0 atom stereocenters. The van der Waals surface area contributed by atoms with Gasteiger partial charge in [-0.1, -0.05) is 0 Å². The second-order valence-electron chi connectivity index (χ2n) is 5.60. The summed E-state index contributed by atoms with van der Waals surface area (Å²) < 4.78 is 26.1. The van der Waals surface area contributed by atoms with E-state index in [2.05, 4.69) is 0 Å². The van der Waals surface area contributed by atoms with Crippen LogP contribution in [0.4, 0.5) is 0 Å². The molecule has 0 spiro atoms. The third-order valence-electron chi connectivity index (χ3n) is 4.00. The summed E-state index contributed by atoms with van der Waals surface area (Å²) in [4.78, 5) is 24.1. The molecular formula is C19H14O7. The summed E-state index contributed by atoms with van der Waals surface area (Å²) in [5.41, 5.74) is 0.724. The van der Waals surface area contributed by atoms with Crippen LogP contribution in [-0.2, 0) is 11.3 Å². The molecule has 26 heavy (non-hydrogen) atoms. The molecular weight excluding hydrogens is 340 g/mol. The second-order valence-corrected chi connectivity index (χ2v) is 5.60. The van der Waals surface area contributed by atoms with Crippen LogP contribution in [0.25, 0.3) is 11.0 Å². The molecule has 1 aromatic heterocycles. The van der Waals surface area contributed by atoms with Crippen molar-refractivity contribution in [3.05, 3.63) is 64.0 Å². The van der Waals surface area contributed by atoms with Gasteiger partial charge >= 0.3 is 11.6 Å². The number of fused-ring (bicyclic) bond motifs is 2. The quantitative estimate of drug-likeness (QED) is 0.526. The van der Waals surface area contributed by atoms with Gasteiger partial charge in [0, 0.05) is 23.1 Å². The number of benzene rings is 2. The van der Waals surface area contributed by atoms with Crippen LogP contribution in [0.2, 0.25) is 0 Å². The molecule has 7 heteroatoms. The summed E-state index contributed by atoms with van der Waals surface area (Å²) in [6, 6.07) is 11.2. The van der Waals surface area contributed by atoms with E-state index in [1.807, 2.05) is 0 Å². The van der Waals surface area contributed by atoms with Crippen molar-refractivity contribution < 1.29 is 28.2 Å². The van der Waals surface area contributed by atoms with Crippen molar-refractivity contribution in [1.29, 1.82) is 0 Å². The molecule has 0 saturated heterocycles. The molecule has 0 N–H and O–H groups in total. The number of hydrogen-bond acceptors (Lipinski definition) is 7. The Morgan fingerprint density at radius 2 is 1.92 bits per heavy atom. The highest BCUT2D eigenvalue weighted by molar-refractivity contribution is 5.90. The standard InChI is InChI=1S/C19H14O7/c1-22-13-3-4-14-12(7-18(20)26-16(14)8-13)9-23-19(21)11-2-5-15-17(6-11)25-10-24-15/h2-8H,9-10H2,1H3. The fourth-order valence-corrected chi connectivity index (χ4v) is 2.71. The van der Waals surface area contributed by atoms with Crippen LogP contribution >= 0.6 is 0 Å². The zero-order valence-corrected chi connectivity index (χ0v) is 13.8. The van der Waals surface area contributed by atoms with Gasteiger partial charge in [0.05, 0.1) is 12.7 Å². The van der Waals surface area contributed by atoms with Gasteiger partial charge in [-0.05, 0) is 30.3 Å². The molecule has 0 amide bonds. The lowest BCUT2D eigenvalue weighted by Crippen LogP contribution is -2.08. The molecule has 1 aliphatic rings. The van der Waals surface area contributed by atoms with Gasteiger partial charge < -0.3 is 23.4 Å². The van der Waals surface area contributed by atoms with Crippen molar-refractivity contribution in [1.82, 2.24) is 0 Å². The molecule has 0 aliphatic carbocycles. The van der Waals surface area contributed by atoms with Gasteiger partial charge in [-0.25, -0.2) is 9.59 Å². The monoisotopic (exact) mass is 354 g/mol. The third kappa shape index (κ3) is 2.95. The summed E-state index contributed by atoms with van der Waals surface area (Å²) >= 11 is 0. The molecule has 132 valence electrons. The van der Waals surface area contributed by atoms with Crippen LogP contribution in [0.3, 0.4) is 0 Å². The Morgan fingerprint density at radius 3 is 2.77 bits per heavy atom. The topological polar surface area (TPSA) is 84.2 Å². The maximum Gasteiger partial charge on any atom is 0.338 e. The zero-order chi connectivity index (χ0) is 18.1. The molecule has 0 unspecified atom stereocenters. The summed E-state index contributed by atoms with van der Waals surface area (Å²) in [5, 5.41) is 0.670. The van der Waals surface area contributed by atoms with Crippen molar-refractivity contribution >= 4 is 16.9 Å². The maximum atomic E-state index is 12.3. The van der Waals surface area contributed by atoms with E-state index >= 15 is 0 Å². The van der Waals surface area contributed by atoms with E-state index in [-0.39, 0.29) is 13.4 Å². The molecule has 0 radical (unpaired) electrons. The molecule has 7 nitrogen and oxygen atoms in total. The lowest BCUT2D eigenvalue weighted by Gasteiger charge is -2.08. The van der Waals surface area contributed by atoms with E-state index in [1.54, 1.807) is 36.4 Å². The summed E-state index contributed by atoms with van der Waals surface area (Å²) in [6.07, 6.45) is 0. The van der Waals surface area contributed by atoms with Gasteiger partial charge in [0.1, 0.15) is 17.9 Å². The Labute approximate surface area is 147 Å². The Morgan fingerprint density at radius 1 is 1.08 bits per heavy atom. The number of methoxy groups -OCH3 is 1. The highest BCUT2D eigenvalue weighted by Crippen LogP contribution is 2.32. The zero-order valence-electron chi connectivity index (χ0n) is 13.8. The minimum Gasteiger partial charge on any atom is -0.497 e. The van der Waals surface area contributed by atoms with Gasteiger partial charge in [0.2, 0.25) is 6.79 Å². The maximum absolute atomic E-state index is 12.3. The fourth-order valence-electron chi connectivity index (χ4n) is 2.71. The van der Waals surface area contributed by atoms with Crippen LogP contribution in [0.1, 0.15) is 15.9 Å². The predicted octanol–water partition coefficient (Wildman–Crippen LogP) is 2.89. The van der Waals surface area contributed by atoms with Crippen molar-refractivity contribution in [2.24, 2.45) is 0 Å². The van der Waals surface area contributed by atoms with Crippen molar-refractivity contribution in [2.45, 2.75) is 6.61 Å². The van der Waals surface area contributed by atoms with E-state index in [0.717, 1.165) is 0 Å². The van der Waals surface area contributed by atoms with Crippen LogP contribution in [0.5, 0.6) is 17.2 Å². The van der Waals surface area contributed by atoms with Gasteiger partial charge in [0.25, 0.3) is 0 Å². The minimum atomic E-state index is -0.529. The molecule has 0 fully saturated rings. The van der Waals surface area contributed by atoms with E-state index in [1.165, 1.54) is 13.2 Å². The van der Waals surface area contributed by atoms with Crippen LogP contribution in [0.15, 0.2) is 51.7 Å². The van der Waals surface area contributed by atoms with Crippen molar-refractivity contribution in [3.63, 3.8) is 0 Å². The number of ether oxygens (including phenoxy) is 4. The molecule has 2 aromatic carbocycles. The van der Waals surface area contributed by atoms with Crippen LogP contribution < -0.4 is 19.8 Å². The highest BCUT2D eigenvalue weighted by Gasteiger charge is 2.17. The average molecular weight is 354 g/mol. The van der Waals surface area contributed by atoms with Gasteiger partial charge in [-0.2, -0.15) is 0 Å². The third-order valence-corrected chi connectivity index (χ3v) is 4.00. The molecule has 0 bridgehead atoms. The molecule has 3 aromatic rings. The molecule has 1 aliphatic heterocycles. The summed E-state index contributed by atoms with van der Waals surface area (Å²) in [5.74, 6) is 1.12. The van der Waals surface area contributed by atoms with Crippen molar-refractivity contribution in [2.75, 3.05) is 13.9 Å². The fraction of sp³-hybridized carbons (Fsp3) is 0.158. The number of hydrogen-bond donors (Lipinski definition) is 0. The molecule has 4 rings (SSSR count). The van der Waals surface area contributed by atoms with Gasteiger partial charge in [-0.15, -0.1) is 0 Å². The first-order chi connectivity index (χ1) is 12.6. The predicted molar refractivity (Wildman–Crippen MR) is 90.7 cm³/mol. The average Bonchev–Trinajstić information content (AvgIpc) is 3.12. The van der Waals surface area contributed by atoms with Crippen molar-refractivity contribution in [3.8, 4) is 17.2 Å². The molecule has 0 saturated carbocycles. The Bertz CT molecular complexity index is 1050.